The third-order valence-electron chi connectivity index (χ3n) is 1.59. The smallest absolute Gasteiger partial charge is 0.247 e. The molecule has 0 aliphatic rings. The Morgan fingerprint density at radius 2 is 2.53 bits per heavy atom. The SMILES string of the molecule is O=C(Cn1cc(I)cn1)Nc1nccs1. The highest BCUT2D eigenvalue weighted by atomic mass is 127. The Kier molecular flexibility index (Phi) is 3.31. The predicted octanol–water partition coefficient (Wildman–Crippen LogP) is 1.58. The molecule has 2 aromatic rings. The van der Waals surface area contributed by atoms with E-state index in [9.17, 15) is 4.79 Å². The Hall–Kier alpha value is -0.960. The van der Waals surface area contributed by atoms with Crippen molar-refractivity contribution in [2.24, 2.45) is 0 Å². The quantitative estimate of drug-likeness (QED) is 0.867. The maximum atomic E-state index is 11.5. The largest absolute Gasteiger partial charge is 0.300 e. The number of hydrogen-bond acceptors (Lipinski definition) is 4. The van der Waals surface area contributed by atoms with Gasteiger partial charge in [0.05, 0.1) is 9.77 Å². The summed E-state index contributed by atoms with van der Waals surface area (Å²) in [6.45, 7) is 0.211. The summed E-state index contributed by atoms with van der Waals surface area (Å²) in [6.07, 6.45) is 5.16. The van der Waals surface area contributed by atoms with Gasteiger partial charge in [-0.25, -0.2) is 4.98 Å². The molecule has 0 spiro atoms. The van der Waals surface area contributed by atoms with Crippen LogP contribution >= 0.6 is 33.9 Å². The van der Waals surface area contributed by atoms with Gasteiger partial charge in [0.1, 0.15) is 6.54 Å². The summed E-state index contributed by atoms with van der Waals surface area (Å²) in [5.74, 6) is -0.121. The second-order valence-corrected chi connectivity index (χ2v) is 4.88. The van der Waals surface area contributed by atoms with Gasteiger partial charge >= 0.3 is 0 Å². The molecule has 2 aromatic heterocycles. The molecule has 0 aromatic carbocycles. The Bertz CT molecular complexity index is 453. The molecule has 0 atom stereocenters. The van der Waals surface area contributed by atoms with Crippen LogP contribution in [0.3, 0.4) is 0 Å². The van der Waals surface area contributed by atoms with Crippen LogP contribution in [0.25, 0.3) is 0 Å². The van der Waals surface area contributed by atoms with E-state index in [2.05, 4.69) is 38.0 Å². The first-order valence-electron chi connectivity index (χ1n) is 4.11. The summed E-state index contributed by atoms with van der Waals surface area (Å²) in [5.41, 5.74) is 0. The second kappa shape index (κ2) is 4.71. The van der Waals surface area contributed by atoms with Gasteiger partial charge in [-0.1, -0.05) is 0 Å². The Morgan fingerprint density at radius 3 is 3.13 bits per heavy atom. The normalized spacial score (nSPS) is 10.2. The number of nitrogens with one attached hydrogen (secondary N) is 1. The Balaban J connectivity index is 1.93. The average Bonchev–Trinajstić information content (AvgIpc) is 2.77. The molecule has 7 heteroatoms. The lowest BCUT2D eigenvalue weighted by Crippen LogP contribution is -2.18. The van der Waals surface area contributed by atoms with Gasteiger partial charge in [0.25, 0.3) is 0 Å². The van der Waals surface area contributed by atoms with Crippen molar-refractivity contribution in [3.63, 3.8) is 0 Å². The number of halogens is 1. The number of carbonyl (C=O) groups is 1. The van der Waals surface area contributed by atoms with E-state index < -0.39 is 0 Å². The molecule has 2 rings (SSSR count). The number of thiazole rings is 1. The third-order valence-corrected chi connectivity index (χ3v) is 2.83. The van der Waals surface area contributed by atoms with Gasteiger partial charge < -0.3 is 5.32 Å². The van der Waals surface area contributed by atoms with Crippen molar-refractivity contribution in [2.45, 2.75) is 6.54 Å². The maximum Gasteiger partial charge on any atom is 0.247 e. The summed E-state index contributed by atoms with van der Waals surface area (Å²) in [5, 5.41) is 9.13. The molecule has 0 aliphatic carbocycles. The zero-order chi connectivity index (χ0) is 10.7. The fourth-order valence-electron chi connectivity index (χ4n) is 1.02. The van der Waals surface area contributed by atoms with Crippen LogP contribution in [-0.2, 0) is 11.3 Å². The van der Waals surface area contributed by atoms with E-state index in [-0.39, 0.29) is 12.5 Å². The van der Waals surface area contributed by atoms with E-state index in [1.165, 1.54) is 11.3 Å². The lowest BCUT2D eigenvalue weighted by Gasteiger charge is -2.00. The molecule has 0 aliphatic heterocycles. The molecule has 0 radical (unpaired) electrons. The fraction of sp³-hybridized carbons (Fsp3) is 0.125. The highest BCUT2D eigenvalue weighted by Crippen LogP contribution is 2.10. The molecule has 5 nitrogen and oxygen atoms in total. The van der Waals surface area contributed by atoms with Crippen LogP contribution < -0.4 is 5.32 Å². The van der Waals surface area contributed by atoms with E-state index in [0.29, 0.717) is 5.13 Å². The average molecular weight is 334 g/mol. The van der Waals surface area contributed by atoms with Gasteiger partial charge in [0.2, 0.25) is 5.91 Å². The van der Waals surface area contributed by atoms with E-state index in [1.54, 1.807) is 17.1 Å². The zero-order valence-corrected chi connectivity index (χ0v) is 10.5. The molecular weight excluding hydrogens is 327 g/mol. The highest BCUT2D eigenvalue weighted by molar-refractivity contribution is 14.1. The molecule has 0 saturated carbocycles. The number of rotatable bonds is 3. The van der Waals surface area contributed by atoms with Crippen molar-refractivity contribution >= 4 is 45.0 Å². The number of anilines is 1. The van der Waals surface area contributed by atoms with Crippen LogP contribution in [0.5, 0.6) is 0 Å². The number of carbonyl (C=O) groups excluding carboxylic acids is 1. The maximum absolute atomic E-state index is 11.5. The first-order chi connectivity index (χ1) is 7.24. The van der Waals surface area contributed by atoms with Crippen LogP contribution in [0.2, 0.25) is 0 Å². The van der Waals surface area contributed by atoms with Gasteiger partial charge in [-0.2, -0.15) is 5.10 Å². The van der Waals surface area contributed by atoms with Crippen molar-refractivity contribution < 1.29 is 4.79 Å². The number of nitrogens with zero attached hydrogens (tertiary/aromatic N) is 3. The Labute approximate surface area is 104 Å². The summed E-state index contributed by atoms with van der Waals surface area (Å²) >= 11 is 3.54. The van der Waals surface area contributed by atoms with Gasteiger partial charge in [-0.15, -0.1) is 11.3 Å². The van der Waals surface area contributed by atoms with E-state index >= 15 is 0 Å². The fourth-order valence-corrected chi connectivity index (χ4v) is 2.01. The minimum Gasteiger partial charge on any atom is -0.300 e. The van der Waals surface area contributed by atoms with Crippen molar-refractivity contribution in [2.75, 3.05) is 5.32 Å². The first kappa shape index (κ1) is 10.6. The van der Waals surface area contributed by atoms with Crippen molar-refractivity contribution in [1.82, 2.24) is 14.8 Å². The molecule has 2 heterocycles. The lowest BCUT2D eigenvalue weighted by atomic mass is 10.6. The summed E-state index contributed by atoms with van der Waals surface area (Å²) in [4.78, 5) is 15.4. The van der Waals surface area contributed by atoms with Gasteiger partial charge in [-0.3, -0.25) is 9.48 Å². The monoisotopic (exact) mass is 334 g/mol. The van der Waals surface area contributed by atoms with E-state index in [1.807, 2.05) is 11.6 Å². The zero-order valence-electron chi connectivity index (χ0n) is 7.55. The first-order valence-corrected chi connectivity index (χ1v) is 6.07. The van der Waals surface area contributed by atoms with Crippen LogP contribution in [-0.4, -0.2) is 20.7 Å². The highest BCUT2D eigenvalue weighted by Gasteiger charge is 2.05. The molecular formula is C8H7IN4OS. The summed E-state index contributed by atoms with van der Waals surface area (Å²) in [6, 6.07) is 0. The van der Waals surface area contributed by atoms with Crippen LogP contribution in [0, 0.1) is 3.57 Å². The summed E-state index contributed by atoms with van der Waals surface area (Å²) in [7, 11) is 0. The molecule has 1 amide bonds. The summed E-state index contributed by atoms with van der Waals surface area (Å²) < 4.78 is 2.60. The number of aromatic nitrogens is 3. The molecule has 0 fully saturated rings. The molecule has 1 N–H and O–H groups in total. The number of hydrogen-bond donors (Lipinski definition) is 1. The standard InChI is InChI=1S/C8H7IN4OS/c9-6-3-11-13(4-6)5-7(14)12-8-10-1-2-15-8/h1-4H,5H2,(H,10,12,14). The van der Waals surface area contributed by atoms with Crippen LogP contribution in [0.15, 0.2) is 24.0 Å². The molecule has 0 unspecified atom stereocenters. The van der Waals surface area contributed by atoms with E-state index in [4.69, 9.17) is 0 Å². The Morgan fingerprint density at radius 1 is 1.67 bits per heavy atom. The molecule has 78 valence electrons. The van der Waals surface area contributed by atoms with E-state index in [0.717, 1.165) is 3.57 Å². The van der Waals surface area contributed by atoms with Crippen LogP contribution in [0.4, 0.5) is 5.13 Å². The van der Waals surface area contributed by atoms with Crippen molar-refractivity contribution in [3.05, 3.63) is 27.5 Å². The minimum absolute atomic E-state index is 0.121. The molecule has 0 saturated heterocycles. The van der Waals surface area contributed by atoms with Crippen molar-refractivity contribution in [1.29, 1.82) is 0 Å². The molecule has 0 bridgehead atoms. The topological polar surface area (TPSA) is 59.8 Å². The second-order valence-electron chi connectivity index (χ2n) is 2.74. The lowest BCUT2D eigenvalue weighted by molar-refractivity contribution is -0.116. The van der Waals surface area contributed by atoms with Crippen molar-refractivity contribution in [3.8, 4) is 0 Å². The van der Waals surface area contributed by atoms with Gasteiger partial charge in [-0.05, 0) is 22.6 Å². The third kappa shape index (κ3) is 2.99. The van der Waals surface area contributed by atoms with Crippen LogP contribution in [0.1, 0.15) is 0 Å². The van der Waals surface area contributed by atoms with Gasteiger partial charge in [0.15, 0.2) is 5.13 Å². The predicted molar refractivity (Wildman–Crippen MR) is 65.7 cm³/mol. The van der Waals surface area contributed by atoms with Gasteiger partial charge in [0, 0.05) is 17.8 Å². The minimum atomic E-state index is -0.121. The number of amides is 1. The molecule has 15 heavy (non-hydrogen) atoms.